The van der Waals surface area contributed by atoms with Crippen LogP contribution in [0.25, 0.3) is 5.76 Å². The summed E-state index contributed by atoms with van der Waals surface area (Å²) in [5.74, 6) is -11.2. The van der Waals surface area contributed by atoms with Crippen LogP contribution in [0.5, 0.6) is 5.75 Å². The van der Waals surface area contributed by atoms with Crippen molar-refractivity contribution < 1.29 is 39.6 Å². The first kappa shape index (κ1) is 22.1. The average Bonchev–Trinajstić information content (AvgIpc) is 2.70. The quantitative estimate of drug-likeness (QED) is 0.353. The maximum absolute atomic E-state index is 13.6. The summed E-state index contributed by atoms with van der Waals surface area (Å²) in [6.45, 7) is 1.67. The van der Waals surface area contributed by atoms with E-state index in [1.165, 1.54) is 25.1 Å². The van der Waals surface area contributed by atoms with Crippen LogP contribution in [0.3, 0.4) is 0 Å². The molecule has 0 saturated heterocycles. The highest BCUT2D eigenvalue weighted by molar-refractivity contribution is 6.32. The number of aliphatic hydroxyl groups is 3. The van der Waals surface area contributed by atoms with Gasteiger partial charge in [-0.25, -0.2) is 0 Å². The number of nitrogens with zero attached hydrogens (tertiary/aromatic N) is 1. The van der Waals surface area contributed by atoms with E-state index in [4.69, 9.17) is 5.73 Å². The number of benzene rings is 1. The molecule has 10 nitrogen and oxygen atoms in total. The molecule has 2 saturated carbocycles. The van der Waals surface area contributed by atoms with Crippen molar-refractivity contribution in [2.45, 2.75) is 30.6 Å². The Kier molecular flexibility index (Phi) is 4.81. The number of hydrogen-bond donors (Lipinski definition) is 5. The van der Waals surface area contributed by atoms with Crippen LogP contribution < -0.4 is 5.73 Å². The van der Waals surface area contributed by atoms with Gasteiger partial charge in [-0.2, -0.15) is 0 Å². The maximum Gasteiger partial charge on any atom is 0.235 e. The molecular weight excluding hydrogens is 420 g/mol. The molecule has 0 aliphatic heterocycles. The van der Waals surface area contributed by atoms with Crippen LogP contribution >= 0.6 is 0 Å². The van der Waals surface area contributed by atoms with Gasteiger partial charge in [-0.05, 0) is 31.6 Å². The van der Waals surface area contributed by atoms with Crippen LogP contribution in [0.2, 0.25) is 0 Å². The van der Waals surface area contributed by atoms with Gasteiger partial charge in [0.25, 0.3) is 0 Å². The lowest BCUT2D eigenvalue weighted by Gasteiger charge is -2.54. The second kappa shape index (κ2) is 6.96. The number of aromatic hydroxyl groups is 1. The van der Waals surface area contributed by atoms with E-state index in [1.807, 2.05) is 0 Å². The number of amides is 1. The second-order valence-electron chi connectivity index (χ2n) is 8.94. The maximum atomic E-state index is 13.6. The molecule has 3 aliphatic carbocycles. The van der Waals surface area contributed by atoms with E-state index in [0.717, 1.165) is 0 Å². The SMILES string of the molecule is C[C@H]1c2cccc(O)c2C(O)=C2C(=O)[C@@]3(O)C(=O)[C@@H](C(N)=O)C(=O)[C@@H](N(C)C)[C@H]3[C@@H](O)[C@@H]21. The molecular formula is C22H24N2O8. The number of phenols is 1. The minimum Gasteiger partial charge on any atom is -0.507 e. The zero-order valence-electron chi connectivity index (χ0n) is 17.6. The highest BCUT2D eigenvalue weighted by Crippen LogP contribution is 2.55. The zero-order valence-corrected chi connectivity index (χ0v) is 17.6. The van der Waals surface area contributed by atoms with Gasteiger partial charge in [0.05, 0.1) is 23.6 Å². The number of likely N-dealkylation sites (N-methyl/N-ethyl adjacent to an activating group) is 1. The lowest BCUT2D eigenvalue weighted by molar-refractivity contribution is -0.187. The fraction of sp³-hybridized carbons (Fsp3) is 0.455. The van der Waals surface area contributed by atoms with Gasteiger partial charge in [-0.3, -0.25) is 24.1 Å². The number of carbonyl (C=O) groups excluding carboxylic acids is 4. The molecule has 0 radical (unpaired) electrons. The van der Waals surface area contributed by atoms with E-state index in [0.29, 0.717) is 5.56 Å². The lowest BCUT2D eigenvalue weighted by atomic mass is 9.52. The fourth-order valence-corrected chi connectivity index (χ4v) is 5.72. The van der Waals surface area contributed by atoms with Gasteiger partial charge >= 0.3 is 0 Å². The van der Waals surface area contributed by atoms with Crippen molar-refractivity contribution in [1.29, 1.82) is 0 Å². The summed E-state index contributed by atoms with van der Waals surface area (Å²) in [6, 6.07) is 3.11. The van der Waals surface area contributed by atoms with E-state index in [1.54, 1.807) is 19.1 Å². The monoisotopic (exact) mass is 444 g/mol. The minimum atomic E-state index is -2.97. The smallest absolute Gasteiger partial charge is 0.235 e. The summed E-state index contributed by atoms with van der Waals surface area (Å²) in [4.78, 5) is 53.1. The van der Waals surface area contributed by atoms with Gasteiger partial charge in [-0.15, -0.1) is 0 Å². The fourth-order valence-electron chi connectivity index (χ4n) is 5.72. The third-order valence-electron chi connectivity index (χ3n) is 7.13. The van der Waals surface area contributed by atoms with Gasteiger partial charge in [0.2, 0.25) is 11.7 Å². The first-order valence-corrected chi connectivity index (χ1v) is 10.1. The van der Waals surface area contributed by atoms with Crippen LogP contribution in [0, 0.1) is 17.8 Å². The molecule has 6 N–H and O–H groups in total. The number of ketones is 3. The van der Waals surface area contributed by atoms with Gasteiger partial charge in [-0.1, -0.05) is 19.1 Å². The van der Waals surface area contributed by atoms with E-state index in [-0.39, 0.29) is 11.3 Å². The summed E-state index contributed by atoms with van der Waals surface area (Å²) >= 11 is 0. The molecule has 170 valence electrons. The van der Waals surface area contributed by atoms with Crippen molar-refractivity contribution in [1.82, 2.24) is 4.90 Å². The Hall–Kier alpha value is -3.08. The Morgan fingerprint density at radius 1 is 1.16 bits per heavy atom. The summed E-state index contributed by atoms with van der Waals surface area (Å²) in [5, 5.41) is 44.1. The number of aliphatic hydroxyl groups excluding tert-OH is 2. The lowest BCUT2D eigenvalue weighted by Crippen LogP contribution is -2.75. The predicted octanol–water partition coefficient (Wildman–Crippen LogP) is -1.13. The van der Waals surface area contributed by atoms with E-state index < -0.39 is 76.0 Å². The molecule has 1 aromatic carbocycles. The predicted molar refractivity (Wildman–Crippen MR) is 109 cm³/mol. The van der Waals surface area contributed by atoms with E-state index in [2.05, 4.69) is 0 Å². The number of hydrogen-bond acceptors (Lipinski definition) is 9. The summed E-state index contributed by atoms with van der Waals surface area (Å²) in [5.41, 5.74) is 2.28. The van der Waals surface area contributed by atoms with Crippen molar-refractivity contribution in [3.05, 3.63) is 34.9 Å². The molecule has 32 heavy (non-hydrogen) atoms. The molecule has 0 spiro atoms. The molecule has 10 heteroatoms. The Labute approximate surface area is 182 Å². The molecule has 0 bridgehead atoms. The third kappa shape index (κ3) is 2.51. The highest BCUT2D eigenvalue weighted by atomic mass is 16.3. The van der Waals surface area contributed by atoms with Crippen LogP contribution in [0.1, 0.15) is 24.0 Å². The van der Waals surface area contributed by atoms with Crippen LogP contribution in [-0.4, -0.2) is 80.4 Å². The summed E-state index contributed by atoms with van der Waals surface area (Å²) in [6.07, 6.45) is -1.62. The van der Waals surface area contributed by atoms with Crippen LogP contribution in [-0.2, 0) is 19.2 Å². The van der Waals surface area contributed by atoms with E-state index in [9.17, 15) is 39.6 Å². The zero-order chi connectivity index (χ0) is 23.9. The van der Waals surface area contributed by atoms with Gasteiger partial charge in [0.15, 0.2) is 23.1 Å². The molecule has 2 fully saturated rings. The van der Waals surface area contributed by atoms with Crippen LogP contribution in [0.4, 0.5) is 0 Å². The summed E-state index contributed by atoms with van der Waals surface area (Å²) < 4.78 is 0. The van der Waals surface area contributed by atoms with Gasteiger partial charge in [0, 0.05) is 11.5 Å². The number of Topliss-reactive ketones (excluding diaryl/α,β-unsaturated/α-hetero) is 3. The van der Waals surface area contributed by atoms with Crippen molar-refractivity contribution in [3.8, 4) is 5.75 Å². The number of carbonyl (C=O) groups is 4. The Balaban J connectivity index is 2.02. The molecule has 0 aromatic heterocycles. The number of fused-ring (bicyclic) bond motifs is 3. The van der Waals surface area contributed by atoms with E-state index >= 15 is 0 Å². The second-order valence-corrected chi connectivity index (χ2v) is 8.94. The van der Waals surface area contributed by atoms with Crippen molar-refractivity contribution >= 4 is 29.0 Å². The number of phenolic OH excluding ortho intramolecular Hbond substituents is 1. The highest BCUT2D eigenvalue weighted by Gasteiger charge is 2.71. The normalized spacial score (nSPS) is 36.6. The first-order valence-electron chi connectivity index (χ1n) is 10.1. The first-order chi connectivity index (χ1) is 14.9. The molecule has 3 aliphatic rings. The van der Waals surface area contributed by atoms with Crippen LogP contribution in [0.15, 0.2) is 23.8 Å². The standard InChI is InChI=1S/C22H24N2O8/c1-7-8-5-4-6-9(25)11(8)16(26)12-10(7)17(27)14-15(24(2)3)18(28)13(21(23)31)20(30)22(14,32)19(12)29/h4-7,10,13-15,17,25-27,32H,1-3H3,(H2,23,31)/t7-,10+,13-,14-,15-,17-,22+/m0/s1. The minimum absolute atomic E-state index is 0.0382. The Morgan fingerprint density at radius 2 is 1.78 bits per heavy atom. The molecule has 4 rings (SSSR count). The van der Waals surface area contributed by atoms with Crippen molar-refractivity contribution in [3.63, 3.8) is 0 Å². The Morgan fingerprint density at radius 3 is 2.34 bits per heavy atom. The molecule has 0 unspecified atom stereocenters. The molecule has 1 aromatic rings. The topological polar surface area (TPSA) is 178 Å². The van der Waals surface area contributed by atoms with Gasteiger partial charge in [0.1, 0.15) is 11.5 Å². The third-order valence-corrected chi connectivity index (χ3v) is 7.13. The molecule has 7 atom stereocenters. The largest absolute Gasteiger partial charge is 0.507 e. The van der Waals surface area contributed by atoms with Gasteiger partial charge < -0.3 is 26.2 Å². The Bertz CT molecular complexity index is 1110. The van der Waals surface area contributed by atoms with Crippen molar-refractivity contribution in [2.75, 3.05) is 14.1 Å². The average molecular weight is 444 g/mol. The summed E-state index contributed by atoms with van der Waals surface area (Å²) in [7, 11) is 2.91. The molecule has 0 heterocycles. The number of rotatable bonds is 2. The van der Waals surface area contributed by atoms with Crippen molar-refractivity contribution in [2.24, 2.45) is 23.5 Å². The number of nitrogens with two attached hydrogens (primary N) is 1. The molecule has 1 amide bonds. The number of primary amides is 1.